The first-order chi connectivity index (χ1) is 11.3. The van der Waals surface area contributed by atoms with E-state index < -0.39 is 0 Å². The summed E-state index contributed by atoms with van der Waals surface area (Å²) in [4.78, 5) is 8.80. The molecule has 23 heavy (non-hydrogen) atoms. The van der Waals surface area contributed by atoms with Crippen LogP contribution in [0.5, 0.6) is 0 Å². The maximum absolute atomic E-state index is 4.40. The molecule has 0 saturated carbocycles. The van der Waals surface area contributed by atoms with Crippen molar-refractivity contribution >= 4 is 39.5 Å². The average Bonchev–Trinajstić information content (AvgIpc) is 2.61. The predicted molar refractivity (Wildman–Crippen MR) is 102 cm³/mol. The van der Waals surface area contributed by atoms with Crippen LogP contribution < -0.4 is 0 Å². The highest BCUT2D eigenvalue weighted by molar-refractivity contribution is 9.10. The summed E-state index contributed by atoms with van der Waals surface area (Å²) in [6.07, 6.45) is 1.64. The van der Waals surface area contributed by atoms with Gasteiger partial charge in [0, 0.05) is 11.5 Å². The van der Waals surface area contributed by atoms with Gasteiger partial charge in [0.05, 0.1) is 4.47 Å². The molecule has 0 atom stereocenters. The van der Waals surface area contributed by atoms with Crippen LogP contribution in [0.1, 0.15) is 11.1 Å². The van der Waals surface area contributed by atoms with Crippen LogP contribution in [0.25, 0.3) is 0 Å². The second kappa shape index (κ2) is 8.52. The van der Waals surface area contributed by atoms with Gasteiger partial charge in [-0.2, -0.15) is 0 Å². The van der Waals surface area contributed by atoms with Gasteiger partial charge in [-0.05, 0) is 27.1 Å². The maximum atomic E-state index is 4.40. The van der Waals surface area contributed by atoms with Crippen molar-refractivity contribution in [2.75, 3.05) is 0 Å². The molecular weight excluding hydrogens is 388 g/mol. The molecule has 0 N–H and O–H groups in total. The Morgan fingerprint density at radius 1 is 0.696 bits per heavy atom. The lowest BCUT2D eigenvalue weighted by atomic mass is 10.2. The molecule has 3 rings (SSSR count). The van der Waals surface area contributed by atoms with Gasteiger partial charge >= 0.3 is 0 Å². The van der Waals surface area contributed by atoms with E-state index >= 15 is 0 Å². The normalized spacial score (nSPS) is 10.7. The summed E-state index contributed by atoms with van der Waals surface area (Å²) in [6.45, 7) is 0. The lowest BCUT2D eigenvalue weighted by Gasteiger charge is -2.08. The Kier molecular flexibility index (Phi) is 6.13. The predicted octanol–water partition coefficient (Wildman–Crippen LogP) is 5.82. The minimum atomic E-state index is 0.902. The van der Waals surface area contributed by atoms with E-state index in [4.69, 9.17) is 0 Å². The molecule has 0 radical (unpaired) electrons. The molecule has 116 valence electrons. The van der Waals surface area contributed by atoms with Crippen molar-refractivity contribution in [2.24, 2.45) is 0 Å². The lowest BCUT2D eigenvalue weighted by Crippen LogP contribution is -1.91. The number of hydrogen-bond donors (Lipinski definition) is 0. The number of nitrogens with zero attached hydrogens (tertiary/aromatic N) is 2. The van der Waals surface area contributed by atoms with Crippen LogP contribution in [0.3, 0.4) is 0 Å². The third-order valence-corrected chi connectivity index (χ3v) is 6.56. The second-order valence-electron chi connectivity index (χ2n) is 4.85. The van der Waals surface area contributed by atoms with Crippen LogP contribution in [0.4, 0.5) is 0 Å². The Balaban J connectivity index is 1.66. The van der Waals surface area contributed by atoms with Crippen LogP contribution in [-0.2, 0) is 11.5 Å². The third kappa shape index (κ3) is 4.83. The fourth-order valence-corrected chi connectivity index (χ4v) is 4.63. The Morgan fingerprint density at radius 3 is 1.57 bits per heavy atom. The monoisotopic (exact) mass is 402 g/mol. The molecule has 3 aromatic rings. The molecule has 0 saturated heterocycles. The van der Waals surface area contributed by atoms with E-state index in [1.165, 1.54) is 11.1 Å². The van der Waals surface area contributed by atoms with Crippen molar-refractivity contribution in [1.82, 2.24) is 9.97 Å². The zero-order valence-electron chi connectivity index (χ0n) is 12.4. The fraction of sp³-hybridized carbons (Fsp3) is 0.111. The summed E-state index contributed by atoms with van der Waals surface area (Å²) in [6, 6.07) is 20.8. The van der Waals surface area contributed by atoms with Gasteiger partial charge in [0.15, 0.2) is 0 Å². The molecule has 0 unspecified atom stereocenters. The molecule has 2 aromatic carbocycles. The number of thioether (sulfide) groups is 2. The van der Waals surface area contributed by atoms with E-state index in [-0.39, 0.29) is 0 Å². The quantitative estimate of drug-likeness (QED) is 0.382. The Morgan fingerprint density at radius 2 is 1.13 bits per heavy atom. The van der Waals surface area contributed by atoms with Crippen molar-refractivity contribution in [3.63, 3.8) is 0 Å². The van der Waals surface area contributed by atoms with E-state index in [9.17, 15) is 0 Å². The van der Waals surface area contributed by atoms with Gasteiger partial charge in [-0.3, -0.25) is 0 Å². The van der Waals surface area contributed by atoms with Gasteiger partial charge in [0.2, 0.25) is 0 Å². The molecule has 0 spiro atoms. The molecule has 0 fully saturated rings. The van der Waals surface area contributed by atoms with Crippen LogP contribution in [0, 0.1) is 0 Å². The van der Waals surface area contributed by atoms with Crippen molar-refractivity contribution in [2.45, 2.75) is 21.6 Å². The van der Waals surface area contributed by atoms with Gasteiger partial charge in [-0.25, -0.2) is 9.97 Å². The van der Waals surface area contributed by atoms with Crippen LogP contribution in [-0.4, -0.2) is 9.97 Å². The molecule has 0 bridgehead atoms. The number of benzene rings is 2. The van der Waals surface area contributed by atoms with Gasteiger partial charge in [0.25, 0.3) is 0 Å². The maximum Gasteiger partial charge on any atom is 0.118 e. The topological polar surface area (TPSA) is 25.8 Å². The number of aromatic nitrogens is 2. The van der Waals surface area contributed by atoms with Crippen LogP contribution in [0.15, 0.2) is 81.5 Å². The summed E-state index contributed by atoms with van der Waals surface area (Å²) in [7, 11) is 0. The molecular formula is C18H15BrN2S2. The average molecular weight is 403 g/mol. The van der Waals surface area contributed by atoms with E-state index in [1.54, 1.807) is 29.9 Å². The molecule has 0 aliphatic carbocycles. The van der Waals surface area contributed by atoms with Crippen LogP contribution >= 0.6 is 39.5 Å². The number of hydrogen-bond acceptors (Lipinski definition) is 4. The van der Waals surface area contributed by atoms with Crippen LogP contribution in [0.2, 0.25) is 0 Å². The molecule has 1 heterocycles. The summed E-state index contributed by atoms with van der Waals surface area (Å²) >= 11 is 7.11. The highest BCUT2D eigenvalue weighted by Crippen LogP contribution is 2.35. The smallest absolute Gasteiger partial charge is 0.118 e. The minimum absolute atomic E-state index is 0.902. The summed E-state index contributed by atoms with van der Waals surface area (Å²) < 4.78 is 0.988. The van der Waals surface area contributed by atoms with Crippen molar-refractivity contribution < 1.29 is 0 Å². The highest BCUT2D eigenvalue weighted by atomic mass is 79.9. The summed E-state index contributed by atoms with van der Waals surface area (Å²) in [5, 5.41) is 1.97. The Hall–Kier alpha value is -1.30. The standard InChI is InChI=1S/C18H15BrN2S2/c19-16-17(22-11-14-7-3-1-4-8-14)20-13-21-18(16)23-12-15-9-5-2-6-10-15/h1-10,13H,11-12H2. The number of halogens is 1. The van der Waals surface area contributed by atoms with Crippen molar-refractivity contribution in [1.29, 1.82) is 0 Å². The highest BCUT2D eigenvalue weighted by Gasteiger charge is 2.10. The van der Waals surface area contributed by atoms with Gasteiger partial charge in [0.1, 0.15) is 16.4 Å². The fourth-order valence-electron chi connectivity index (χ4n) is 1.99. The first kappa shape index (κ1) is 16.6. The van der Waals surface area contributed by atoms with E-state index in [0.29, 0.717) is 0 Å². The van der Waals surface area contributed by atoms with Gasteiger partial charge in [-0.1, -0.05) is 60.7 Å². The second-order valence-corrected chi connectivity index (χ2v) is 7.57. The van der Waals surface area contributed by atoms with E-state index in [2.05, 4.69) is 74.4 Å². The molecule has 0 aliphatic heterocycles. The zero-order chi connectivity index (χ0) is 15.9. The third-order valence-electron chi connectivity index (χ3n) is 3.16. The first-order valence-electron chi connectivity index (χ1n) is 7.17. The number of rotatable bonds is 6. The van der Waals surface area contributed by atoms with Gasteiger partial charge in [-0.15, -0.1) is 23.5 Å². The van der Waals surface area contributed by atoms with Crippen molar-refractivity contribution in [3.8, 4) is 0 Å². The largest absolute Gasteiger partial charge is 0.229 e. The Bertz CT molecular complexity index is 690. The minimum Gasteiger partial charge on any atom is -0.229 e. The van der Waals surface area contributed by atoms with E-state index in [1.807, 2.05) is 12.1 Å². The summed E-state index contributed by atoms with van der Waals surface area (Å²) in [5.74, 6) is 1.80. The van der Waals surface area contributed by atoms with E-state index in [0.717, 1.165) is 26.0 Å². The molecule has 5 heteroatoms. The zero-order valence-corrected chi connectivity index (χ0v) is 15.6. The molecule has 2 nitrogen and oxygen atoms in total. The summed E-state index contributed by atoms with van der Waals surface area (Å²) in [5.41, 5.74) is 2.59. The van der Waals surface area contributed by atoms with Crippen molar-refractivity contribution in [3.05, 3.63) is 82.6 Å². The molecule has 0 amide bonds. The molecule has 0 aliphatic rings. The SMILES string of the molecule is Brc1c(SCc2ccccc2)ncnc1SCc1ccccc1. The first-order valence-corrected chi connectivity index (χ1v) is 9.93. The Labute approximate surface area is 153 Å². The molecule has 1 aromatic heterocycles. The lowest BCUT2D eigenvalue weighted by molar-refractivity contribution is 0.936. The van der Waals surface area contributed by atoms with Gasteiger partial charge < -0.3 is 0 Å².